The van der Waals surface area contributed by atoms with Crippen LogP contribution in [-0.4, -0.2) is 14.3 Å². The zero-order valence-electron chi connectivity index (χ0n) is 16.1. The summed E-state index contributed by atoms with van der Waals surface area (Å²) in [6, 6.07) is 11.4. The average Bonchev–Trinajstić information content (AvgIpc) is 3.13. The minimum absolute atomic E-state index is 0.0766. The predicted octanol–water partition coefficient (Wildman–Crippen LogP) is 1.84. The molecule has 3 aromatic rings. The molecule has 6 nitrogen and oxygen atoms in total. The molecule has 0 saturated heterocycles. The van der Waals surface area contributed by atoms with Gasteiger partial charge in [0.2, 0.25) is 0 Å². The number of nitrogens with zero attached hydrogens (tertiary/aromatic N) is 5. The van der Waals surface area contributed by atoms with Crippen molar-refractivity contribution in [3.8, 4) is 17.8 Å². The van der Waals surface area contributed by atoms with E-state index in [1.807, 2.05) is 64.2 Å². The molecule has 0 radical (unpaired) electrons. The maximum Gasteiger partial charge on any atom is 0.273 e. The van der Waals surface area contributed by atoms with E-state index in [1.165, 1.54) is 4.57 Å². The number of hydrogen-bond donors (Lipinski definition) is 0. The van der Waals surface area contributed by atoms with Crippen molar-refractivity contribution in [2.45, 2.75) is 27.2 Å². The van der Waals surface area contributed by atoms with Gasteiger partial charge < -0.3 is 0 Å². The lowest BCUT2D eigenvalue weighted by Gasteiger charge is -2.08. The number of aryl methyl sites for hydroxylation is 3. The molecular weight excluding hydrogens is 370 g/mol. The van der Waals surface area contributed by atoms with Crippen molar-refractivity contribution in [1.29, 1.82) is 10.5 Å². The summed E-state index contributed by atoms with van der Waals surface area (Å²) in [6.07, 6.45) is 2.53. The van der Waals surface area contributed by atoms with Crippen LogP contribution >= 0.6 is 11.3 Å². The van der Waals surface area contributed by atoms with E-state index in [9.17, 15) is 15.3 Å². The Morgan fingerprint density at radius 2 is 1.93 bits per heavy atom. The topological polar surface area (TPSA) is 87.4 Å². The summed E-state index contributed by atoms with van der Waals surface area (Å²) in [5, 5.41) is 23.2. The van der Waals surface area contributed by atoms with E-state index in [4.69, 9.17) is 0 Å². The Bertz CT molecular complexity index is 1310. The van der Waals surface area contributed by atoms with Crippen molar-refractivity contribution in [1.82, 2.24) is 14.3 Å². The molecule has 2 aromatic heterocycles. The second kappa shape index (κ2) is 7.67. The highest BCUT2D eigenvalue weighted by Crippen LogP contribution is 2.14. The van der Waals surface area contributed by atoms with Gasteiger partial charge in [0.15, 0.2) is 5.57 Å². The van der Waals surface area contributed by atoms with Gasteiger partial charge in [-0.2, -0.15) is 15.6 Å². The fourth-order valence-electron chi connectivity index (χ4n) is 3.15. The van der Waals surface area contributed by atoms with Gasteiger partial charge in [0, 0.05) is 18.3 Å². The molecule has 0 fully saturated rings. The third-order valence-corrected chi connectivity index (χ3v) is 5.81. The fraction of sp³-hybridized carbons (Fsp3) is 0.238. The maximum absolute atomic E-state index is 13.3. The Balaban J connectivity index is 2.48. The summed E-state index contributed by atoms with van der Waals surface area (Å²) in [7, 11) is 1.85. The number of nitriles is 2. The molecule has 28 heavy (non-hydrogen) atoms. The second-order valence-electron chi connectivity index (χ2n) is 6.35. The quantitative estimate of drug-likeness (QED) is 0.684. The van der Waals surface area contributed by atoms with E-state index >= 15 is 0 Å². The summed E-state index contributed by atoms with van der Waals surface area (Å²) in [6.45, 7) is 5.83. The van der Waals surface area contributed by atoms with Crippen LogP contribution in [-0.2, 0) is 13.5 Å². The Hall–Kier alpha value is -3.42. The van der Waals surface area contributed by atoms with Crippen LogP contribution in [0.3, 0.4) is 0 Å². The first kappa shape index (κ1) is 19.3. The van der Waals surface area contributed by atoms with Crippen molar-refractivity contribution in [2.24, 2.45) is 7.05 Å². The first-order valence-corrected chi connectivity index (χ1v) is 9.61. The van der Waals surface area contributed by atoms with Crippen LogP contribution in [0.4, 0.5) is 0 Å². The number of aromatic nitrogens is 3. The van der Waals surface area contributed by atoms with Gasteiger partial charge in [-0.25, -0.2) is 0 Å². The molecule has 1 aromatic carbocycles. The SMILES string of the molecule is CCc1ccccc1-n1c(=C(C#N)C#N)s/c(=C/c2c(C)nn(C)c2C)c1=O. The highest BCUT2D eigenvalue weighted by Gasteiger charge is 2.15. The number of benzene rings is 1. The lowest BCUT2D eigenvalue weighted by atomic mass is 10.1. The molecule has 0 bridgehead atoms. The smallest absolute Gasteiger partial charge is 0.272 e. The van der Waals surface area contributed by atoms with Crippen LogP contribution in [0, 0.1) is 36.5 Å². The largest absolute Gasteiger partial charge is 0.273 e. The molecule has 0 aliphatic carbocycles. The van der Waals surface area contributed by atoms with E-state index in [-0.39, 0.29) is 11.1 Å². The summed E-state index contributed by atoms with van der Waals surface area (Å²) < 4.78 is 4.06. The van der Waals surface area contributed by atoms with Crippen LogP contribution in [0.15, 0.2) is 29.1 Å². The van der Waals surface area contributed by atoms with Gasteiger partial charge in [-0.1, -0.05) is 25.1 Å². The molecule has 7 heteroatoms. The Morgan fingerprint density at radius 1 is 1.25 bits per heavy atom. The van der Waals surface area contributed by atoms with Gasteiger partial charge in [0.05, 0.1) is 15.9 Å². The summed E-state index contributed by atoms with van der Waals surface area (Å²) >= 11 is 1.15. The van der Waals surface area contributed by atoms with Gasteiger partial charge in [-0.05, 0) is 38.0 Å². The number of thiazole rings is 1. The zero-order valence-corrected chi connectivity index (χ0v) is 17.0. The number of para-hydroxylation sites is 1. The average molecular weight is 389 g/mol. The summed E-state index contributed by atoms with van der Waals surface area (Å²) in [4.78, 5) is 13.3. The Labute approximate surface area is 166 Å². The van der Waals surface area contributed by atoms with E-state index in [0.717, 1.165) is 40.3 Å². The highest BCUT2D eigenvalue weighted by molar-refractivity contribution is 7.07. The van der Waals surface area contributed by atoms with Gasteiger partial charge in [-0.15, -0.1) is 11.3 Å². The third-order valence-electron chi connectivity index (χ3n) is 4.71. The van der Waals surface area contributed by atoms with Crippen molar-refractivity contribution < 1.29 is 0 Å². The molecule has 140 valence electrons. The van der Waals surface area contributed by atoms with Crippen LogP contribution in [0.1, 0.15) is 29.4 Å². The minimum atomic E-state index is -0.244. The van der Waals surface area contributed by atoms with Crippen molar-refractivity contribution in [3.63, 3.8) is 0 Å². The number of rotatable bonds is 3. The van der Waals surface area contributed by atoms with Crippen molar-refractivity contribution in [2.75, 3.05) is 0 Å². The fourth-order valence-corrected chi connectivity index (χ4v) is 4.18. The molecular formula is C21H19N5OS. The minimum Gasteiger partial charge on any atom is -0.272 e. The van der Waals surface area contributed by atoms with E-state index < -0.39 is 0 Å². The standard InChI is InChI=1S/C21H19N5OS/c1-5-15-8-6-7-9-18(15)26-20(27)19(28-21(26)16(11-22)12-23)10-17-13(2)24-25(4)14(17)3/h6-10H,5H2,1-4H3/b19-10+. The van der Waals surface area contributed by atoms with Gasteiger partial charge in [0.25, 0.3) is 5.56 Å². The summed E-state index contributed by atoms with van der Waals surface area (Å²) in [5.74, 6) is 0. The van der Waals surface area contributed by atoms with E-state index in [1.54, 1.807) is 10.8 Å². The number of hydrogen-bond acceptors (Lipinski definition) is 5. The Morgan fingerprint density at radius 3 is 2.50 bits per heavy atom. The van der Waals surface area contributed by atoms with Gasteiger partial charge >= 0.3 is 0 Å². The first-order valence-electron chi connectivity index (χ1n) is 8.79. The molecule has 0 N–H and O–H groups in total. The van der Waals surface area contributed by atoms with Gasteiger partial charge in [-0.3, -0.25) is 14.0 Å². The summed E-state index contributed by atoms with van der Waals surface area (Å²) in [5.41, 5.74) is 3.98. The molecule has 0 atom stereocenters. The molecule has 0 saturated carbocycles. The first-order chi connectivity index (χ1) is 13.4. The van der Waals surface area contributed by atoms with Gasteiger partial charge in [0.1, 0.15) is 16.8 Å². The second-order valence-corrected chi connectivity index (χ2v) is 7.38. The molecule has 2 heterocycles. The lowest BCUT2D eigenvalue weighted by molar-refractivity contribution is 0.731. The molecule has 0 unspecified atom stereocenters. The zero-order chi connectivity index (χ0) is 20.4. The molecule has 0 amide bonds. The molecule has 0 spiro atoms. The van der Waals surface area contributed by atoms with E-state index in [0.29, 0.717) is 14.9 Å². The highest BCUT2D eigenvalue weighted by atomic mass is 32.1. The predicted molar refractivity (Wildman–Crippen MR) is 109 cm³/mol. The molecule has 0 aliphatic rings. The van der Waals surface area contributed by atoms with Crippen molar-refractivity contribution in [3.05, 3.63) is 66.3 Å². The third kappa shape index (κ3) is 3.17. The van der Waals surface area contributed by atoms with Crippen LogP contribution in [0.2, 0.25) is 0 Å². The maximum atomic E-state index is 13.3. The van der Waals surface area contributed by atoms with Crippen LogP contribution in [0.5, 0.6) is 0 Å². The van der Waals surface area contributed by atoms with Crippen molar-refractivity contribution >= 4 is 23.0 Å². The lowest BCUT2D eigenvalue weighted by Crippen LogP contribution is -2.31. The molecule has 3 rings (SSSR count). The Kier molecular flexibility index (Phi) is 5.30. The molecule has 0 aliphatic heterocycles. The van der Waals surface area contributed by atoms with Crippen LogP contribution in [0.25, 0.3) is 17.3 Å². The normalized spacial score (nSPS) is 11.3. The van der Waals surface area contributed by atoms with Crippen LogP contribution < -0.4 is 14.8 Å². The monoisotopic (exact) mass is 389 g/mol. The van der Waals surface area contributed by atoms with E-state index in [2.05, 4.69) is 5.10 Å².